The molecule has 3 amide bonds. The van der Waals surface area contributed by atoms with Crippen LogP contribution in [0.5, 0.6) is 0 Å². The Hall–Kier alpha value is -2.54. The van der Waals surface area contributed by atoms with Crippen molar-refractivity contribution in [2.75, 3.05) is 18.6 Å². The number of aliphatic carboxylic acids is 1. The number of carbonyl (C=O) groups excluding carboxylic acids is 3. The second-order valence-electron chi connectivity index (χ2n) is 7.84. The summed E-state index contributed by atoms with van der Waals surface area (Å²) in [6, 6.07) is -3.80. The van der Waals surface area contributed by atoms with Gasteiger partial charge in [-0.2, -0.15) is 11.8 Å². The lowest BCUT2D eigenvalue weighted by molar-refractivity contribution is -0.143. The van der Waals surface area contributed by atoms with Crippen LogP contribution >= 0.6 is 11.8 Å². The smallest absolute Gasteiger partial charge is 0.326 e. The van der Waals surface area contributed by atoms with E-state index in [4.69, 9.17) is 17.2 Å². The molecule has 13 heteroatoms. The molecule has 0 fully saturated rings. The Morgan fingerprint density at radius 2 is 1.64 bits per heavy atom. The molecule has 0 aromatic rings. The average molecular weight is 490 g/mol. The maximum atomic E-state index is 12.7. The summed E-state index contributed by atoms with van der Waals surface area (Å²) in [6.07, 6.45) is 3.53. The summed E-state index contributed by atoms with van der Waals surface area (Å²) in [4.78, 5) is 52.9. The second kappa shape index (κ2) is 16.1. The molecule has 0 aliphatic heterocycles. The number of guanidine groups is 1. The van der Waals surface area contributed by atoms with Crippen LogP contribution in [0.15, 0.2) is 4.99 Å². The molecule has 0 spiro atoms. The Morgan fingerprint density at radius 3 is 2.15 bits per heavy atom. The largest absolute Gasteiger partial charge is 0.480 e. The Labute approximate surface area is 199 Å². The summed E-state index contributed by atoms with van der Waals surface area (Å²) in [6.45, 7) is 5.37. The number of hydrogen-bond donors (Lipinski definition) is 7. The van der Waals surface area contributed by atoms with Crippen LogP contribution in [0.3, 0.4) is 0 Å². The number of nitrogens with zero attached hydrogens (tertiary/aromatic N) is 1. The average Bonchev–Trinajstić information content (AvgIpc) is 2.76. The predicted octanol–water partition coefficient (Wildman–Crippen LogP) is -1.27. The molecule has 33 heavy (non-hydrogen) atoms. The Kier molecular flexibility index (Phi) is 14.9. The molecule has 0 radical (unpaired) electrons. The van der Waals surface area contributed by atoms with Gasteiger partial charge in [-0.25, -0.2) is 4.79 Å². The van der Waals surface area contributed by atoms with Crippen LogP contribution in [0, 0.1) is 5.92 Å². The van der Waals surface area contributed by atoms with Crippen molar-refractivity contribution >= 4 is 41.4 Å². The quantitative estimate of drug-likeness (QED) is 0.0779. The molecule has 12 nitrogen and oxygen atoms in total. The van der Waals surface area contributed by atoms with Gasteiger partial charge in [0.2, 0.25) is 17.7 Å². The highest BCUT2D eigenvalue weighted by atomic mass is 32.2. The number of carbonyl (C=O) groups is 4. The molecule has 0 aromatic carbocycles. The van der Waals surface area contributed by atoms with Crippen molar-refractivity contribution < 1.29 is 24.3 Å². The fourth-order valence-corrected chi connectivity index (χ4v) is 3.25. The fourth-order valence-electron chi connectivity index (χ4n) is 2.77. The lowest BCUT2D eigenvalue weighted by atomic mass is 9.98. The second-order valence-corrected chi connectivity index (χ2v) is 8.82. The number of nitrogens with two attached hydrogens (primary N) is 3. The van der Waals surface area contributed by atoms with Gasteiger partial charge in [-0.1, -0.05) is 20.3 Å². The zero-order valence-electron chi connectivity index (χ0n) is 19.8. The SMILES string of the molecule is CCC(C)C(NC(=O)C(CCSC)NC(=O)C(C)NC(=O)C(N)CCCN=C(N)N)C(=O)O. The molecule has 0 rings (SSSR count). The minimum atomic E-state index is -1.14. The lowest BCUT2D eigenvalue weighted by Crippen LogP contribution is -2.57. The van der Waals surface area contributed by atoms with E-state index >= 15 is 0 Å². The number of amides is 3. The Bertz CT molecular complexity index is 688. The van der Waals surface area contributed by atoms with E-state index in [-0.39, 0.29) is 11.9 Å². The van der Waals surface area contributed by atoms with Crippen LogP contribution < -0.4 is 33.2 Å². The van der Waals surface area contributed by atoms with E-state index in [1.165, 1.54) is 18.7 Å². The third-order valence-electron chi connectivity index (χ3n) is 5.08. The molecule has 10 N–H and O–H groups in total. The van der Waals surface area contributed by atoms with Gasteiger partial charge in [0.15, 0.2) is 5.96 Å². The molecule has 0 saturated heterocycles. The number of carboxylic acids is 1. The molecule has 5 unspecified atom stereocenters. The molecule has 190 valence electrons. The molecular formula is C20H39N7O5S. The van der Waals surface area contributed by atoms with E-state index in [9.17, 15) is 24.3 Å². The third kappa shape index (κ3) is 12.3. The summed E-state index contributed by atoms with van der Waals surface area (Å²) < 4.78 is 0. The van der Waals surface area contributed by atoms with Crippen molar-refractivity contribution in [3.63, 3.8) is 0 Å². The highest BCUT2D eigenvalue weighted by molar-refractivity contribution is 7.98. The molecular weight excluding hydrogens is 450 g/mol. The minimum absolute atomic E-state index is 0.0443. The summed E-state index contributed by atoms with van der Waals surface area (Å²) in [5.74, 6) is -2.57. The van der Waals surface area contributed by atoms with Crippen LogP contribution in [-0.2, 0) is 19.2 Å². The maximum absolute atomic E-state index is 12.7. The molecule has 0 aliphatic carbocycles. The minimum Gasteiger partial charge on any atom is -0.480 e. The van der Waals surface area contributed by atoms with Crippen LogP contribution in [-0.4, -0.2) is 77.5 Å². The molecule has 0 bridgehead atoms. The van der Waals surface area contributed by atoms with Gasteiger partial charge < -0.3 is 38.3 Å². The monoisotopic (exact) mass is 489 g/mol. The molecule has 5 atom stereocenters. The number of rotatable bonds is 16. The summed E-state index contributed by atoms with van der Waals surface area (Å²) in [7, 11) is 0. The summed E-state index contributed by atoms with van der Waals surface area (Å²) in [5, 5.41) is 17.1. The van der Waals surface area contributed by atoms with E-state index in [0.29, 0.717) is 38.0 Å². The zero-order valence-corrected chi connectivity index (χ0v) is 20.6. The Balaban J connectivity index is 4.97. The van der Waals surface area contributed by atoms with Crippen molar-refractivity contribution in [2.45, 2.75) is 70.6 Å². The van der Waals surface area contributed by atoms with Crippen LogP contribution in [0.1, 0.15) is 46.5 Å². The van der Waals surface area contributed by atoms with E-state index < -0.39 is 47.9 Å². The number of hydrogen-bond acceptors (Lipinski definition) is 7. The van der Waals surface area contributed by atoms with Crippen molar-refractivity contribution in [2.24, 2.45) is 28.1 Å². The van der Waals surface area contributed by atoms with Crippen LogP contribution in [0.25, 0.3) is 0 Å². The first-order valence-electron chi connectivity index (χ1n) is 10.9. The highest BCUT2D eigenvalue weighted by Gasteiger charge is 2.30. The van der Waals surface area contributed by atoms with Crippen LogP contribution in [0.4, 0.5) is 0 Å². The topological polar surface area (TPSA) is 215 Å². The summed E-state index contributed by atoms with van der Waals surface area (Å²) >= 11 is 1.49. The number of thioether (sulfide) groups is 1. The van der Waals surface area contributed by atoms with Gasteiger partial charge in [-0.05, 0) is 44.1 Å². The van der Waals surface area contributed by atoms with Gasteiger partial charge in [0, 0.05) is 6.54 Å². The predicted molar refractivity (Wildman–Crippen MR) is 129 cm³/mol. The number of nitrogens with one attached hydrogen (secondary N) is 3. The number of aliphatic imine (C=N–C) groups is 1. The van der Waals surface area contributed by atoms with Crippen molar-refractivity contribution in [1.29, 1.82) is 0 Å². The summed E-state index contributed by atoms with van der Waals surface area (Å²) in [5.41, 5.74) is 16.3. The maximum Gasteiger partial charge on any atom is 0.326 e. The van der Waals surface area contributed by atoms with E-state index in [1.54, 1.807) is 6.92 Å². The molecule has 0 aliphatic rings. The van der Waals surface area contributed by atoms with Gasteiger partial charge in [0.1, 0.15) is 18.1 Å². The first-order chi connectivity index (χ1) is 15.4. The van der Waals surface area contributed by atoms with E-state index in [0.717, 1.165) is 0 Å². The van der Waals surface area contributed by atoms with Gasteiger partial charge in [0.25, 0.3) is 0 Å². The van der Waals surface area contributed by atoms with E-state index in [2.05, 4.69) is 20.9 Å². The van der Waals surface area contributed by atoms with E-state index in [1.807, 2.05) is 13.2 Å². The zero-order chi connectivity index (χ0) is 25.6. The third-order valence-corrected chi connectivity index (χ3v) is 5.72. The molecule has 0 saturated carbocycles. The standard InChI is InChI=1S/C20H39N7O5S/c1-5-11(2)15(19(31)32)27-18(30)14(8-10-33-4)26-16(28)12(3)25-17(29)13(21)7-6-9-24-20(22)23/h11-15H,5-10,21H2,1-4H3,(H,25,29)(H,26,28)(H,27,30)(H,31,32)(H4,22,23,24). The van der Waals surface area contributed by atoms with Gasteiger partial charge in [-0.3, -0.25) is 19.4 Å². The van der Waals surface area contributed by atoms with Gasteiger partial charge >= 0.3 is 5.97 Å². The molecule has 0 heterocycles. The number of carboxylic acid groups (broad SMARTS) is 1. The van der Waals surface area contributed by atoms with Crippen molar-refractivity contribution in [3.05, 3.63) is 0 Å². The molecule has 0 aromatic heterocycles. The first kappa shape index (κ1) is 30.5. The van der Waals surface area contributed by atoms with Crippen molar-refractivity contribution in [3.8, 4) is 0 Å². The lowest BCUT2D eigenvalue weighted by Gasteiger charge is -2.25. The van der Waals surface area contributed by atoms with Crippen molar-refractivity contribution in [1.82, 2.24) is 16.0 Å². The van der Waals surface area contributed by atoms with Gasteiger partial charge in [-0.15, -0.1) is 0 Å². The van der Waals surface area contributed by atoms with Crippen LogP contribution in [0.2, 0.25) is 0 Å². The highest BCUT2D eigenvalue weighted by Crippen LogP contribution is 2.09. The first-order valence-corrected chi connectivity index (χ1v) is 12.3. The van der Waals surface area contributed by atoms with Gasteiger partial charge in [0.05, 0.1) is 6.04 Å². The normalized spacial score (nSPS) is 15.3. The Morgan fingerprint density at radius 1 is 1.00 bits per heavy atom. The fraction of sp³-hybridized carbons (Fsp3) is 0.750.